The Bertz CT molecular complexity index is 1700. The van der Waals surface area contributed by atoms with Crippen LogP contribution in [0, 0.1) is 6.92 Å². The Morgan fingerprint density at radius 3 is 2.25 bits per heavy atom. The van der Waals surface area contributed by atoms with Gasteiger partial charge in [-0.1, -0.05) is 42.5 Å². The van der Waals surface area contributed by atoms with E-state index in [9.17, 15) is 0 Å². The van der Waals surface area contributed by atoms with Crippen LogP contribution in [-0.4, -0.2) is 61.4 Å². The van der Waals surface area contributed by atoms with E-state index in [1.165, 1.54) is 36.0 Å². The van der Waals surface area contributed by atoms with Crippen molar-refractivity contribution in [1.29, 1.82) is 0 Å². The van der Waals surface area contributed by atoms with E-state index in [1.54, 1.807) is 12.4 Å². The van der Waals surface area contributed by atoms with Crippen molar-refractivity contribution in [2.24, 2.45) is 0 Å². The Labute approximate surface area is 233 Å². The zero-order valence-corrected chi connectivity index (χ0v) is 22.7. The molecule has 1 N–H and O–H groups in total. The highest BCUT2D eigenvalue weighted by molar-refractivity contribution is 5.93. The van der Waals surface area contributed by atoms with Gasteiger partial charge in [-0.05, 0) is 61.8 Å². The van der Waals surface area contributed by atoms with E-state index in [1.807, 2.05) is 13.1 Å². The average molecular weight is 529 g/mol. The number of hydrogen-bond acceptors (Lipinski definition) is 6. The van der Waals surface area contributed by atoms with Crippen LogP contribution in [0.4, 0.5) is 0 Å². The molecule has 2 aliphatic heterocycles. The summed E-state index contributed by atoms with van der Waals surface area (Å²) in [5, 5.41) is 8.79. The lowest BCUT2D eigenvalue weighted by atomic mass is 9.87. The largest absolute Gasteiger partial charge is 0.378 e. The number of aromatic nitrogens is 5. The Morgan fingerprint density at radius 2 is 1.48 bits per heavy atom. The highest BCUT2D eigenvalue weighted by Gasteiger charge is 2.45. The standard InChI is InChI=1S/C33H32N6O/c1-20-31(35-13-12-34-20)22-3-5-23(6-4-22)32-30-15-26(17-36-33(30)38-37-32)25-7-2-21-8-10-27(11-9-24(21)14-25)39-28-16-29(39)19-40-18-28/h2-7,12-15,17,27-29H,8-11,16,18-19H2,1H3,(H,36,37,38)/t27-,28?,29?/m0/s1. The average Bonchev–Trinajstić information content (AvgIpc) is 3.32. The molecule has 8 rings (SSSR count). The van der Waals surface area contributed by atoms with E-state index in [-0.39, 0.29) is 0 Å². The molecule has 0 spiro atoms. The Kier molecular flexibility index (Phi) is 5.74. The molecule has 0 radical (unpaired) electrons. The molecule has 2 fully saturated rings. The first kappa shape index (κ1) is 23.9. The fourth-order valence-corrected chi connectivity index (χ4v) is 7.09. The van der Waals surface area contributed by atoms with Crippen LogP contribution in [0.5, 0.6) is 0 Å². The van der Waals surface area contributed by atoms with E-state index >= 15 is 0 Å². The van der Waals surface area contributed by atoms with Gasteiger partial charge >= 0.3 is 0 Å². The second-order valence-corrected chi connectivity index (χ2v) is 11.5. The lowest BCUT2D eigenvalue weighted by Gasteiger charge is -2.56. The van der Waals surface area contributed by atoms with Crippen molar-refractivity contribution >= 4 is 11.0 Å². The second kappa shape index (κ2) is 9.61. The highest BCUT2D eigenvalue weighted by atomic mass is 16.5. The molecule has 1 aliphatic carbocycles. The molecule has 200 valence electrons. The number of aryl methyl sites for hydroxylation is 3. The van der Waals surface area contributed by atoms with E-state index in [4.69, 9.17) is 9.72 Å². The zero-order chi connectivity index (χ0) is 26.6. The van der Waals surface area contributed by atoms with Gasteiger partial charge in [-0.2, -0.15) is 5.10 Å². The summed E-state index contributed by atoms with van der Waals surface area (Å²) in [6.45, 7) is 3.82. The number of aromatic amines is 1. The van der Waals surface area contributed by atoms with Gasteiger partial charge in [-0.3, -0.25) is 20.0 Å². The van der Waals surface area contributed by atoms with Crippen LogP contribution in [0.15, 0.2) is 67.1 Å². The number of rotatable bonds is 4. The molecule has 40 heavy (non-hydrogen) atoms. The number of H-pyrrole nitrogens is 1. The smallest absolute Gasteiger partial charge is 0.155 e. The molecule has 3 aromatic heterocycles. The fraction of sp³-hybridized carbons (Fsp3) is 0.333. The van der Waals surface area contributed by atoms with Crippen molar-refractivity contribution in [3.8, 4) is 33.6 Å². The van der Waals surface area contributed by atoms with Crippen LogP contribution in [0.1, 0.15) is 36.1 Å². The summed E-state index contributed by atoms with van der Waals surface area (Å²) in [5.74, 6) is 0. The minimum absolute atomic E-state index is 0.648. The molecule has 5 heterocycles. The number of morpholine rings is 1. The van der Waals surface area contributed by atoms with Gasteiger partial charge in [-0.15, -0.1) is 0 Å². The molecule has 2 saturated heterocycles. The van der Waals surface area contributed by atoms with Gasteiger partial charge in [0.25, 0.3) is 0 Å². The predicted molar refractivity (Wildman–Crippen MR) is 156 cm³/mol. The number of fused-ring (bicyclic) bond motifs is 4. The Morgan fingerprint density at radius 1 is 0.750 bits per heavy atom. The molecule has 7 nitrogen and oxygen atoms in total. The maximum Gasteiger partial charge on any atom is 0.155 e. The Hall–Kier alpha value is -3.94. The number of ether oxygens (including phenoxy) is 1. The van der Waals surface area contributed by atoms with Crippen LogP contribution >= 0.6 is 0 Å². The number of nitrogens with zero attached hydrogens (tertiary/aromatic N) is 5. The minimum Gasteiger partial charge on any atom is -0.378 e. The summed E-state index contributed by atoms with van der Waals surface area (Å²) in [6, 6.07) is 19.6. The minimum atomic E-state index is 0.648. The van der Waals surface area contributed by atoms with Crippen LogP contribution in [0.25, 0.3) is 44.7 Å². The van der Waals surface area contributed by atoms with Gasteiger partial charge in [0.1, 0.15) is 5.69 Å². The molecule has 3 aliphatic rings. The van der Waals surface area contributed by atoms with Crippen LogP contribution < -0.4 is 0 Å². The van der Waals surface area contributed by atoms with Crippen molar-refractivity contribution in [2.45, 2.75) is 57.2 Å². The number of hydrogen-bond donors (Lipinski definition) is 1. The summed E-state index contributed by atoms with van der Waals surface area (Å²) in [4.78, 5) is 16.4. The quantitative estimate of drug-likeness (QED) is 0.298. The van der Waals surface area contributed by atoms with Gasteiger partial charge < -0.3 is 4.74 Å². The predicted octanol–water partition coefficient (Wildman–Crippen LogP) is 5.78. The molecule has 2 aromatic carbocycles. The maximum absolute atomic E-state index is 5.74. The first-order valence-corrected chi connectivity index (χ1v) is 14.4. The summed E-state index contributed by atoms with van der Waals surface area (Å²) in [6.07, 6.45) is 11.5. The van der Waals surface area contributed by atoms with E-state index in [2.05, 4.69) is 73.6 Å². The highest BCUT2D eigenvalue weighted by Crippen LogP contribution is 2.38. The van der Waals surface area contributed by atoms with E-state index in [0.717, 1.165) is 70.9 Å². The van der Waals surface area contributed by atoms with Crippen LogP contribution in [-0.2, 0) is 17.6 Å². The molecule has 0 amide bonds. The first-order valence-electron chi connectivity index (χ1n) is 14.4. The SMILES string of the molecule is Cc1nccnc1-c1ccc(-c2n[nH]c3ncc(-c4ccc5c(c4)CC[C@@H](N4C6COCC4C6)CC5)cc23)cc1. The summed E-state index contributed by atoms with van der Waals surface area (Å²) >= 11 is 0. The zero-order valence-electron chi connectivity index (χ0n) is 22.7. The number of benzene rings is 2. The third-order valence-corrected chi connectivity index (χ3v) is 9.19. The van der Waals surface area contributed by atoms with Crippen LogP contribution in [0.3, 0.4) is 0 Å². The second-order valence-electron chi connectivity index (χ2n) is 11.5. The Balaban J connectivity index is 1.06. The maximum atomic E-state index is 5.74. The van der Waals surface area contributed by atoms with E-state index in [0.29, 0.717) is 18.1 Å². The fourth-order valence-electron chi connectivity index (χ4n) is 7.09. The normalized spacial score (nSPS) is 22.5. The summed E-state index contributed by atoms with van der Waals surface area (Å²) < 4.78 is 5.74. The monoisotopic (exact) mass is 528 g/mol. The van der Waals surface area contributed by atoms with Crippen molar-refractivity contribution in [3.63, 3.8) is 0 Å². The van der Waals surface area contributed by atoms with Crippen molar-refractivity contribution < 1.29 is 4.74 Å². The van der Waals surface area contributed by atoms with Gasteiger partial charge in [0.05, 0.1) is 24.6 Å². The number of nitrogens with one attached hydrogen (secondary N) is 1. The third kappa shape index (κ3) is 4.03. The van der Waals surface area contributed by atoms with Gasteiger partial charge in [0.15, 0.2) is 5.65 Å². The molecule has 2 bridgehead atoms. The molecular weight excluding hydrogens is 496 g/mol. The van der Waals surface area contributed by atoms with Crippen LogP contribution in [0.2, 0.25) is 0 Å². The van der Waals surface area contributed by atoms with E-state index < -0.39 is 0 Å². The molecule has 3 atom stereocenters. The van der Waals surface area contributed by atoms with Gasteiger partial charge in [-0.25, -0.2) is 4.98 Å². The topological polar surface area (TPSA) is 79.8 Å². The molecule has 2 unspecified atom stereocenters. The van der Waals surface area contributed by atoms with Crippen molar-refractivity contribution in [2.75, 3.05) is 13.2 Å². The lowest BCUT2D eigenvalue weighted by Crippen LogP contribution is -2.66. The summed E-state index contributed by atoms with van der Waals surface area (Å²) in [5.41, 5.74) is 11.0. The molecule has 7 heteroatoms. The van der Waals surface area contributed by atoms with Crippen molar-refractivity contribution in [3.05, 3.63) is 83.9 Å². The molecule has 0 saturated carbocycles. The molecular formula is C33H32N6O. The summed E-state index contributed by atoms with van der Waals surface area (Å²) in [7, 11) is 0. The first-order chi connectivity index (χ1) is 19.7. The van der Waals surface area contributed by atoms with Gasteiger partial charge in [0.2, 0.25) is 0 Å². The van der Waals surface area contributed by atoms with Crippen molar-refractivity contribution in [1.82, 2.24) is 30.0 Å². The van der Waals surface area contributed by atoms with Gasteiger partial charge in [0, 0.05) is 58.8 Å². The molecule has 5 aromatic rings. The lowest BCUT2D eigenvalue weighted by molar-refractivity contribution is -0.148. The third-order valence-electron chi connectivity index (χ3n) is 9.19. The number of pyridine rings is 1.